The molecule has 35 heavy (non-hydrogen) atoms. The number of hydrogen-bond acceptors (Lipinski definition) is 5. The summed E-state index contributed by atoms with van der Waals surface area (Å²) in [4.78, 5) is 13.6. The summed E-state index contributed by atoms with van der Waals surface area (Å²) in [5.41, 5.74) is 3.79. The fourth-order valence-electron chi connectivity index (χ4n) is 3.75. The molecule has 176 valence electrons. The third-order valence-corrected chi connectivity index (χ3v) is 6.40. The molecular formula is C28H25N3O3S. The number of benzene rings is 2. The summed E-state index contributed by atoms with van der Waals surface area (Å²) in [7, 11) is 1.63. The largest absolute Gasteiger partial charge is 0.497 e. The van der Waals surface area contributed by atoms with Gasteiger partial charge in [-0.25, -0.2) is 0 Å². The van der Waals surface area contributed by atoms with Gasteiger partial charge in [-0.05, 0) is 91.5 Å². The van der Waals surface area contributed by atoms with E-state index < -0.39 is 0 Å². The Morgan fingerprint density at radius 2 is 1.71 bits per heavy atom. The lowest BCUT2D eigenvalue weighted by Crippen LogP contribution is -2.23. The number of hydrogen-bond donors (Lipinski definition) is 1. The summed E-state index contributed by atoms with van der Waals surface area (Å²) in [5, 5.41) is 14.3. The van der Waals surface area contributed by atoms with E-state index >= 15 is 0 Å². The highest BCUT2D eigenvalue weighted by Crippen LogP contribution is 2.27. The molecule has 0 saturated carbocycles. The van der Waals surface area contributed by atoms with Crippen molar-refractivity contribution in [3.8, 4) is 29.0 Å². The standard InChI is InChI=1S/C28H25N3O3S/c1-19-15-21(16-22(17-29)28(32)30-18-27-5-4-14-35-27)20(2)31(19)23-6-8-25(9-7-23)34-26-12-10-24(33-3)11-13-26/h4-16H,18H2,1-3H3,(H,30,32)/b22-16+. The molecule has 0 aliphatic carbocycles. The van der Waals surface area contributed by atoms with Crippen molar-refractivity contribution in [3.05, 3.63) is 99.5 Å². The van der Waals surface area contributed by atoms with E-state index in [4.69, 9.17) is 9.47 Å². The molecule has 7 heteroatoms. The van der Waals surface area contributed by atoms with Crippen LogP contribution in [-0.2, 0) is 11.3 Å². The van der Waals surface area contributed by atoms with Crippen molar-refractivity contribution in [1.29, 1.82) is 5.26 Å². The first kappa shape index (κ1) is 23.9. The molecule has 1 amide bonds. The predicted octanol–water partition coefficient (Wildman–Crippen LogP) is 6.18. The number of aromatic nitrogens is 1. The molecule has 2 aromatic carbocycles. The van der Waals surface area contributed by atoms with Crippen molar-refractivity contribution < 1.29 is 14.3 Å². The SMILES string of the molecule is COc1ccc(Oc2ccc(-n3c(C)cc(/C=C(\C#N)C(=O)NCc4cccs4)c3C)cc2)cc1. The zero-order chi connectivity index (χ0) is 24.8. The minimum Gasteiger partial charge on any atom is -0.497 e. The summed E-state index contributed by atoms with van der Waals surface area (Å²) < 4.78 is 13.2. The van der Waals surface area contributed by atoms with Crippen molar-refractivity contribution in [3.63, 3.8) is 0 Å². The lowest BCUT2D eigenvalue weighted by atomic mass is 10.1. The van der Waals surface area contributed by atoms with Crippen LogP contribution in [0.5, 0.6) is 17.2 Å². The van der Waals surface area contributed by atoms with E-state index in [0.29, 0.717) is 6.54 Å². The number of methoxy groups -OCH3 is 1. The maximum absolute atomic E-state index is 12.5. The quantitative estimate of drug-likeness (QED) is 0.240. The minimum absolute atomic E-state index is 0.0741. The molecule has 4 rings (SSSR count). The van der Waals surface area contributed by atoms with Crippen LogP contribution in [0.25, 0.3) is 11.8 Å². The molecule has 2 aromatic heterocycles. The lowest BCUT2D eigenvalue weighted by molar-refractivity contribution is -0.117. The Kier molecular flexibility index (Phi) is 7.34. The van der Waals surface area contributed by atoms with Gasteiger partial charge in [-0.1, -0.05) is 6.07 Å². The number of amides is 1. The monoisotopic (exact) mass is 483 g/mol. The maximum atomic E-state index is 12.5. The maximum Gasteiger partial charge on any atom is 0.262 e. The van der Waals surface area contributed by atoms with Crippen molar-refractivity contribution in [2.24, 2.45) is 0 Å². The van der Waals surface area contributed by atoms with E-state index in [0.717, 1.165) is 44.8 Å². The van der Waals surface area contributed by atoms with Crippen LogP contribution in [0, 0.1) is 25.2 Å². The normalized spacial score (nSPS) is 11.1. The molecule has 2 heterocycles. The van der Waals surface area contributed by atoms with Gasteiger partial charge in [0.15, 0.2) is 0 Å². The first-order valence-electron chi connectivity index (χ1n) is 11.0. The van der Waals surface area contributed by atoms with Gasteiger partial charge in [0.25, 0.3) is 5.91 Å². The Balaban J connectivity index is 1.51. The average molecular weight is 484 g/mol. The molecule has 0 radical (unpaired) electrons. The van der Waals surface area contributed by atoms with Crippen molar-refractivity contribution >= 4 is 23.3 Å². The zero-order valence-corrected chi connectivity index (χ0v) is 20.6. The highest BCUT2D eigenvalue weighted by atomic mass is 32.1. The predicted molar refractivity (Wildman–Crippen MR) is 138 cm³/mol. The molecular weight excluding hydrogens is 458 g/mol. The van der Waals surface area contributed by atoms with E-state index in [-0.39, 0.29) is 11.5 Å². The van der Waals surface area contributed by atoms with E-state index in [1.54, 1.807) is 24.5 Å². The Hall–Kier alpha value is -4.28. The third kappa shape index (κ3) is 5.62. The Bertz CT molecular complexity index is 1380. The van der Waals surface area contributed by atoms with Crippen molar-refractivity contribution in [1.82, 2.24) is 9.88 Å². The number of nitriles is 1. The van der Waals surface area contributed by atoms with E-state index in [1.165, 1.54) is 0 Å². The van der Waals surface area contributed by atoms with Crippen LogP contribution in [-0.4, -0.2) is 17.6 Å². The number of thiophene rings is 1. The second-order valence-corrected chi connectivity index (χ2v) is 8.90. The molecule has 4 aromatic rings. The molecule has 6 nitrogen and oxygen atoms in total. The van der Waals surface area contributed by atoms with Gasteiger partial charge < -0.3 is 19.4 Å². The van der Waals surface area contributed by atoms with Gasteiger partial charge in [-0.15, -0.1) is 11.3 Å². The second kappa shape index (κ2) is 10.8. The molecule has 0 saturated heterocycles. The summed E-state index contributed by atoms with van der Waals surface area (Å²) in [5.74, 6) is 1.83. The van der Waals surface area contributed by atoms with Gasteiger partial charge in [-0.3, -0.25) is 4.79 Å². The molecule has 0 unspecified atom stereocenters. The minimum atomic E-state index is -0.384. The van der Waals surface area contributed by atoms with Gasteiger partial charge in [0.2, 0.25) is 0 Å². The highest BCUT2D eigenvalue weighted by Gasteiger charge is 2.14. The van der Waals surface area contributed by atoms with Gasteiger partial charge in [0.05, 0.1) is 13.7 Å². The van der Waals surface area contributed by atoms with Gasteiger partial charge >= 0.3 is 0 Å². The average Bonchev–Trinajstić information content (AvgIpc) is 3.49. The number of rotatable bonds is 8. The van der Waals surface area contributed by atoms with Gasteiger partial charge in [0.1, 0.15) is 28.9 Å². The van der Waals surface area contributed by atoms with Gasteiger partial charge in [-0.2, -0.15) is 5.26 Å². The number of carbonyl (C=O) groups excluding carboxylic acids is 1. The van der Waals surface area contributed by atoms with Crippen LogP contribution in [0.3, 0.4) is 0 Å². The van der Waals surface area contributed by atoms with Crippen LogP contribution in [0.1, 0.15) is 21.8 Å². The molecule has 0 bridgehead atoms. The van der Waals surface area contributed by atoms with Crippen LogP contribution in [0.4, 0.5) is 0 Å². The molecule has 0 aliphatic rings. The lowest BCUT2D eigenvalue weighted by Gasteiger charge is -2.11. The number of ether oxygens (including phenoxy) is 2. The third-order valence-electron chi connectivity index (χ3n) is 5.53. The number of nitrogens with one attached hydrogen (secondary N) is 1. The molecule has 1 N–H and O–H groups in total. The van der Waals surface area contributed by atoms with Gasteiger partial charge in [0, 0.05) is 22.0 Å². The van der Waals surface area contributed by atoms with Crippen LogP contribution < -0.4 is 14.8 Å². The van der Waals surface area contributed by atoms with E-state index in [1.807, 2.05) is 92.0 Å². The van der Waals surface area contributed by atoms with Crippen LogP contribution in [0.15, 0.2) is 77.7 Å². The summed E-state index contributed by atoms with van der Waals surface area (Å²) >= 11 is 1.56. The Morgan fingerprint density at radius 3 is 2.31 bits per heavy atom. The molecule has 0 fully saturated rings. The fourth-order valence-corrected chi connectivity index (χ4v) is 4.40. The summed E-state index contributed by atoms with van der Waals surface area (Å²) in [6.07, 6.45) is 1.64. The first-order valence-corrected chi connectivity index (χ1v) is 11.9. The van der Waals surface area contributed by atoms with E-state index in [2.05, 4.69) is 9.88 Å². The zero-order valence-electron chi connectivity index (χ0n) is 19.7. The summed E-state index contributed by atoms with van der Waals surface area (Å²) in [6.45, 7) is 4.37. The topological polar surface area (TPSA) is 76.3 Å². The smallest absolute Gasteiger partial charge is 0.262 e. The Morgan fingerprint density at radius 1 is 1.06 bits per heavy atom. The number of aryl methyl sites for hydroxylation is 1. The van der Waals surface area contributed by atoms with Crippen molar-refractivity contribution in [2.75, 3.05) is 7.11 Å². The fraction of sp³-hybridized carbons (Fsp3) is 0.143. The van der Waals surface area contributed by atoms with Crippen LogP contribution in [0.2, 0.25) is 0 Å². The summed E-state index contributed by atoms with van der Waals surface area (Å²) in [6, 6.07) is 23.1. The van der Waals surface area contributed by atoms with Crippen molar-refractivity contribution in [2.45, 2.75) is 20.4 Å². The van der Waals surface area contributed by atoms with E-state index in [9.17, 15) is 10.1 Å². The number of carbonyl (C=O) groups is 1. The Labute approximate surface area is 208 Å². The molecule has 0 aliphatic heterocycles. The number of nitrogens with zero attached hydrogens (tertiary/aromatic N) is 2. The molecule has 0 spiro atoms. The first-order chi connectivity index (χ1) is 17.0. The second-order valence-electron chi connectivity index (χ2n) is 7.87. The molecule has 0 atom stereocenters. The highest BCUT2D eigenvalue weighted by molar-refractivity contribution is 7.09. The van der Waals surface area contributed by atoms with Crippen LogP contribution >= 0.6 is 11.3 Å².